The highest BCUT2D eigenvalue weighted by atomic mass is 79.9. The van der Waals surface area contributed by atoms with Gasteiger partial charge in [-0.15, -0.1) is 0 Å². The number of benzene rings is 1. The first-order valence-corrected chi connectivity index (χ1v) is 7.04. The fourth-order valence-electron chi connectivity index (χ4n) is 1.71. The van der Waals surface area contributed by atoms with Crippen LogP contribution in [0.5, 0.6) is 0 Å². The summed E-state index contributed by atoms with van der Waals surface area (Å²) in [6, 6.07) is 6.89. The van der Waals surface area contributed by atoms with Crippen molar-refractivity contribution in [3.63, 3.8) is 0 Å². The van der Waals surface area contributed by atoms with Gasteiger partial charge >= 0.3 is 12.0 Å². The highest BCUT2D eigenvalue weighted by Crippen LogP contribution is 2.11. The van der Waals surface area contributed by atoms with Crippen LogP contribution in [0.1, 0.15) is 5.56 Å². The molecule has 0 atom stereocenters. The summed E-state index contributed by atoms with van der Waals surface area (Å²) in [7, 11) is 0. The number of hydrogen-bond acceptors (Lipinski definition) is 4. The molecule has 1 aliphatic rings. The lowest BCUT2D eigenvalue weighted by Gasteiger charge is -2.11. The zero-order chi connectivity index (χ0) is 15.2. The van der Waals surface area contributed by atoms with Gasteiger partial charge in [0.1, 0.15) is 0 Å². The topological polar surface area (TPSA) is 75.7 Å². The molecular formula is C14H13BrN2O4. The maximum atomic E-state index is 11.6. The molecule has 0 bridgehead atoms. The van der Waals surface area contributed by atoms with Gasteiger partial charge in [0.05, 0.1) is 0 Å². The number of halogens is 1. The van der Waals surface area contributed by atoms with Crippen LogP contribution in [-0.2, 0) is 14.3 Å². The van der Waals surface area contributed by atoms with Crippen LogP contribution in [0, 0.1) is 0 Å². The van der Waals surface area contributed by atoms with Gasteiger partial charge in [-0.3, -0.25) is 9.69 Å². The third-order valence-electron chi connectivity index (χ3n) is 2.78. The van der Waals surface area contributed by atoms with E-state index in [9.17, 15) is 14.4 Å². The number of amides is 3. The van der Waals surface area contributed by atoms with Gasteiger partial charge in [0.2, 0.25) is 0 Å². The number of esters is 1. The molecule has 0 radical (unpaired) electrons. The first-order chi connectivity index (χ1) is 10.1. The molecule has 0 aromatic heterocycles. The Hall–Kier alpha value is -2.15. The molecule has 7 heteroatoms. The van der Waals surface area contributed by atoms with E-state index >= 15 is 0 Å². The molecule has 1 fully saturated rings. The molecule has 1 aromatic carbocycles. The summed E-state index contributed by atoms with van der Waals surface area (Å²) < 4.78 is 5.75. The second kappa shape index (κ2) is 7.03. The lowest BCUT2D eigenvalue weighted by molar-refractivity contribution is -0.146. The van der Waals surface area contributed by atoms with E-state index in [1.807, 2.05) is 24.3 Å². The van der Waals surface area contributed by atoms with Crippen LogP contribution < -0.4 is 5.32 Å². The van der Waals surface area contributed by atoms with E-state index in [1.165, 1.54) is 6.08 Å². The minimum absolute atomic E-state index is 0.296. The molecule has 0 unspecified atom stereocenters. The first kappa shape index (κ1) is 15.2. The van der Waals surface area contributed by atoms with Crippen LogP contribution in [0.3, 0.4) is 0 Å². The van der Waals surface area contributed by atoms with Crippen molar-refractivity contribution in [1.29, 1.82) is 0 Å². The normalized spacial score (nSPS) is 14.3. The van der Waals surface area contributed by atoms with Crippen molar-refractivity contribution in [2.24, 2.45) is 0 Å². The van der Waals surface area contributed by atoms with Crippen LogP contribution in [0.2, 0.25) is 0 Å². The Labute approximate surface area is 129 Å². The van der Waals surface area contributed by atoms with Crippen LogP contribution >= 0.6 is 15.9 Å². The quantitative estimate of drug-likeness (QED) is 0.659. The molecule has 21 heavy (non-hydrogen) atoms. The number of nitrogens with zero attached hydrogens (tertiary/aromatic N) is 1. The third-order valence-corrected chi connectivity index (χ3v) is 3.31. The van der Waals surface area contributed by atoms with Gasteiger partial charge in [-0.05, 0) is 23.8 Å². The van der Waals surface area contributed by atoms with Gasteiger partial charge in [-0.1, -0.05) is 28.1 Å². The Morgan fingerprint density at radius 3 is 2.67 bits per heavy atom. The maximum Gasteiger partial charge on any atom is 0.331 e. The number of imide groups is 1. The molecule has 1 N–H and O–H groups in total. The van der Waals surface area contributed by atoms with Gasteiger partial charge in [-0.25, -0.2) is 9.59 Å². The van der Waals surface area contributed by atoms with Crippen molar-refractivity contribution >= 4 is 39.9 Å². The number of rotatable bonds is 4. The zero-order valence-electron chi connectivity index (χ0n) is 11.0. The van der Waals surface area contributed by atoms with E-state index in [0.717, 1.165) is 14.9 Å². The Balaban J connectivity index is 1.80. The molecule has 0 aliphatic carbocycles. The van der Waals surface area contributed by atoms with E-state index in [2.05, 4.69) is 21.2 Å². The molecule has 1 heterocycles. The van der Waals surface area contributed by atoms with Crippen LogP contribution in [0.25, 0.3) is 6.08 Å². The first-order valence-electron chi connectivity index (χ1n) is 6.25. The highest BCUT2D eigenvalue weighted by Gasteiger charge is 2.26. The summed E-state index contributed by atoms with van der Waals surface area (Å²) in [5.41, 5.74) is 0.834. The summed E-state index contributed by atoms with van der Waals surface area (Å²) in [5.74, 6) is -1.17. The summed E-state index contributed by atoms with van der Waals surface area (Å²) in [6.07, 6.45) is 2.82. The Bertz CT molecular complexity index is 583. The smallest absolute Gasteiger partial charge is 0.331 e. The van der Waals surface area contributed by atoms with E-state index in [1.54, 1.807) is 6.08 Å². The SMILES string of the molecule is O=C(/C=C/c1ccc(Br)cc1)OCC(=O)N1CCNC1=O. The van der Waals surface area contributed by atoms with Crippen molar-refractivity contribution in [2.75, 3.05) is 19.7 Å². The molecular weight excluding hydrogens is 340 g/mol. The summed E-state index contributed by atoms with van der Waals surface area (Å²) in [5, 5.41) is 2.50. The van der Waals surface area contributed by atoms with Gasteiger partial charge < -0.3 is 10.1 Å². The summed E-state index contributed by atoms with van der Waals surface area (Å²) in [4.78, 5) is 35.4. The highest BCUT2D eigenvalue weighted by molar-refractivity contribution is 9.10. The third kappa shape index (κ3) is 4.42. The number of carbonyl (C=O) groups excluding carboxylic acids is 3. The summed E-state index contributed by atoms with van der Waals surface area (Å²) >= 11 is 3.31. The standard InChI is InChI=1S/C14H13BrN2O4/c15-11-4-1-10(2-5-11)3-6-13(19)21-9-12(18)17-8-7-16-14(17)20/h1-6H,7-9H2,(H,16,20)/b6-3+. The van der Waals surface area contributed by atoms with Crippen molar-refractivity contribution < 1.29 is 19.1 Å². The molecule has 1 aromatic rings. The van der Waals surface area contributed by atoms with Crippen LogP contribution in [-0.4, -0.2) is 42.5 Å². The second-order valence-electron chi connectivity index (χ2n) is 4.27. The number of ether oxygens (including phenoxy) is 1. The van der Waals surface area contributed by atoms with Gasteiger partial charge in [0.25, 0.3) is 5.91 Å². The average Bonchev–Trinajstić information content (AvgIpc) is 2.90. The second-order valence-corrected chi connectivity index (χ2v) is 5.19. The van der Waals surface area contributed by atoms with Gasteiger partial charge in [-0.2, -0.15) is 0 Å². The van der Waals surface area contributed by atoms with Crippen LogP contribution in [0.4, 0.5) is 4.79 Å². The van der Waals surface area contributed by atoms with Gasteiger partial charge in [0, 0.05) is 23.6 Å². The average molecular weight is 353 g/mol. The van der Waals surface area contributed by atoms with E-state index in [4.69, 9.17) is 4.74 Å². The van der Waals surface area contributed by atoms with Crippen molar-refractivity contribution in [1.82, 2.24) is 10.2 Å². The largest absolute Gasteiger partial charge is 0.452 e. The number of hydrogen-bond donors (Lipinski definition) is 1. The molecule has 0 spiro atoms. The summed E-state index contributed by atoms with van der Waals surface area (Å²) in [6.45, 7) is 0.267. The Morgan fingerprint density at radius 1 is 1.33 bits per heavy atom. The number of nitrogens with one attached hydrogen (secondary N) is 1. The maximum absolute atomic E-state index is 11.6. The predicted molar refractivity (Wildman–Crippen MR) is 79.2 cm³/mol. The van der Waals surface area contributed by atoms with E-state index < -0.39 is 24.5 Å². The number of carbonyl (C=O) groups is 3. The minimum atomic E-state index is -0.633. The Morgan fingerprint density at radius 2 is 2.05 bits per heavy atom. The molecule has 3 amide bonds. The molecule has 1 saturated heterocycles. The monoisotopic (exact) mass is 352 g/mol. The number of urea groups is 1. The zero-order valence-corrected chi connectivity index (χ0v) is 12.6. The molecule has 0 saturated carbocycles. The van der Waals surface area contributed by atoms with E-state index in [0.29, 0.717) is 13.1 Å². The predicted octanol–water partition coefficient (Wildman–Crippen LogP) is 1.56. The minimum Gasteiger partial charge on any atom is -0.452 e. The molecule has 110 valence electrons. The lowest BCUT2D eigenvalue weighted by atomic mass is 10.2. The van der Waals surface area contributed by atoms with Crippen molar-refractivity contribution in [3.8, 4) is 0 Å². The molecule has 1 aliphatic heterocycles. The fraction of sp³-hybridized carbons (Fsp3) is 0.214. The lowest BCUT2D eigenvalue weighted by Crippen LogP contribution is -2.37. The molecule has 2 rings (SSSR count). The van der Waals surface area contributed by atoms with Crippen molar-refractivity contribution in [3.05, 3.63) is 40.4 Å². The van der Waals surface area contributed by atoms with E-state index in [-0.39, 0.29) is 0 Å². The van der Waals surface area contributed by atoms with Crippen molar-refractivity contribution in [2.45, 2.75) is 0 Å². The van der Waals surface area contributed by atoms with Crippen LogP contribution in [0.15, 0.2) is 34.8 Å². The molecule has 6 nitrogen and oxygen atoms in total. The van der Waals surface area contributed by atoms with Gasteiger partial charge in [0.15, 0.2) is 6.61 Å². The Kier molecular flexibility index (Phi) is 5.10. The fourth-order valence-corrected chi connectivity index (χ4v) is 1.97.